The number of esters is 1. The van der Waals surface area contributed by atoms with E-state index in [9.17, 15) is 9.90 Å². The Kier molecular flexibility index (Phi) is 6.57. The summed E-state index contributed by atoms with van der Waals surface area (Å²) in [5, 5.41) is 9.40. The van der Waals surface area contributed by atoms with Gasteiger partial charge in [-0.25, -0.2) is 0 Å². The summed E-state index contributed by atoms with van der Waals surface area (Å²) in [5.74, 6) is -0.305. The summed E-state index contributed by atoms with van der Waals surface area (Å²) in [7, 11) is 0. The molecular formula is C12H24O3. The van der Waals surface area contributed by atoms with Crippen LogP contribution < -0.4 is 0 Å². The summed E-state index contributed by atoms with van der Waals surface area (Å²) >= 11 is 0. The molecule has 1 unspecified atom stereocenters. The second-order valence-corrected chi connectivity index (χ2v) is 5.15. The van der Waals surface area contributed by atoms with Crippen LogP contribution >= 0.6 is 0 Å². The van der Waals surface area contributed by atoms with Crippen LogP contribution in [0.1, 0.15) is 59.8 Å². The summed E-state index contributed by atoms with van der Waals surface area (Å²) < 4.78 is 4.82. The van der Waals surface area contributed by atoms with Crippen molar-refractivity contribution in [3.05, 3.63) is 0 Å². The minimum absolute atomic E-state index is 0.271. The SMILES string of the molecule is CCCC(=O)OC(O)CCCC(C)(C)C. The first-order valence-electron chi connectivity index (χ1n) is 5.72. The largest absolute Gasteiger partial charge is 0.436 e. The first kappa shape index (κ1) is 14.4. The molecule has 0 aromatic carbocycles. The third-order valence-corrected chi connectivity index (χ3v) is 2.10. The fourth-order valence-electron chi connectivity index (χ4n) is 1.28. The second kappa shape index (κ2) is 6.83. The molecule has 0 saturated carbocycles. The molecule has 0 aromatic heterocycles. The van der Waals surface area contributed by atoms with Crippen molar-refractivity contribution in [3.8, 4) is 0 Å². The van der Waals surface area contributed by atoms with Gasteiger partial charge in [0.1, 0.15) is 0 Å². The predicted molar refractivity (Wildman–Crippen MR) is 60.3 cm³/mol. The second-order valence-electron chi connectivity index (χ2n) is 5.15. The molecule has 0 aliphatic rings. The van der Waals surface area contributed by atoms with Crippen molar-refractivity contribution in [2.45, 2.75) is 66.1 Å². The molecule has 3 nitrogen and oxygen atoms in total. The van der Waals surface area contributed by atoms with Crippen molar-refractivity contribution in [2.24, 2.45) is 5.41 Å². The molecule has 0 amide bonds. The number of hydrogen-bond donors (Lipinski definition) is 1. The molecule has 1 atom stereocenters. The number of carbonyl (C=O) groups excluding carboxylic acids is 1. The van der Waals surface area contributed by atoms with Gasteiger partial charge in [0.2, 0.25) is 6.29 Å². The molecule has 0 spiro atoms. The van der Waals surface area contributed by atoms with Gasteiger partial charge in [-0.05, 0) is 24.7 Å². The van der Waals surface area contributed by atoms with Crippen LogP contribution in [0.2, 0.25) is 0 Å². The van der Waals surface area contributed by atoms with Crippen LogP contribution in [0.4, 0.5) is 0 Å². The van der Waals surface area contributed by atoms with Gasteiger partial charge in [-0.1, -0.05) is 27.7 Å². The van der Waals surface area contributed by atoms with Crippen molar-refractivity contribution in [2.75, 3.05) is 0 Å². The highest BCUT2D eigenvalue weighted by molar-refractivity contribution is 5.69. The number of carbonyl (C=O) groups is 1. The first-order valence-corrected chi connectivity index (χ1v) is 5.72. The van der Waals surface area contributed by atoms with Crippen molar-refractivity contribution in [1.29, 1.82) is 0 Å². The molecule has 0 rings (SSSR count). The Hall–Kier alpha value is -0.570. The minimum Gasteiger partial charge on any atom is -0.436 e. The molecule has 0 aromatic rings. The lowest BCUT2D eigenvalue weighted by Crippen LogP contribution is -2.18. The first-order chi connectivity index (χ1) is 6.85. The molecule has 3 heteroatoms. The van der Waals surface area contributed by atoms with Crippen LogP contribution in [-0.4, -0.2) is 17.4 Å². The van der Waals surface area contributed by atoms with E-state index in [-0.39, 0.29) is 11.4 Å². The Bertz CT molecular complexity index is 182. The van der Waals surface area contributed by atoms with E-state index >= 15 is 0 Å². The lowest BCUT2D eigenvalue weighted by molar-refractivity contribution is -0.168. The molecule has 0 heterocycles. The summed E-state index contributed by atoms with van der Waals surface area (Å²) in [6, 6.07) is 0. The lowest BCUT2D eigenvalue weighted by atomic mass is 9.90. The smallest absolute Gasteiger partial charge is 0.308 e. The molecule has 0 bridgehead atoms. The van der Waals surface area contributed by atoms with E-state index in [1.54, 1.807) is 0 Å². The predicted octanol–water partition coefficient (Wildman–Crippen LogP) is 2.86. The van der Waals surface area contributed by atoms with Crippen molar-refractivity contribution >= 4 is 5.97 Å². The van der Waals surface area contributed by atoms with E-state index in [2.05, 4.69) is 20.8 Å². The highest BCUT2D eigenvalue weighted by Crippen LogP contribution is 2.22. The maximum absolute atomic E-state index is 11.0. The van der Waals surface area contributed by atoms with E-state index in [1.807, 2.05) is 6.92 Å². The van der Waals surface area contributed by atoms with Crippen molar-refractivity contribution in [3.63, 3.8) is 0 Å². The van der Waals surface area contributed by atoms with E-state index in [0.717, 1.165) is 19.3 Å². The van der Waals surface area contributed by atoms with Crippen LogP contribution in [0.3, 0.4) is 0 Å². The van der Waals surface area contributed by atoms with Crippen LogP contribution in [0.25, 0.3) is 0 Å². The van der Waals surface area contributed by atoms with E-state index < -0.39 is 6.29 Å². The van der Waals surface area contributed by atoms with Gasteiger partial charge >= 0.3 is 5.97 Å². The highest BCUT2D eigenvalue weighted by Gasteiger charge is 2.13. The molecule has 0 aliphatic carbocycles. The van der Waals surface area contributed by atoms with E-state index in [0.29, 0.717) is 12.8 Å². The van der Waals surface area contributed by atoms with Gasteiger partial charge in [0.25, 0.3) is 0 Å². The average molecular weight is 216 g/mol. The van der Waals surface area contributed by atoms with E-state index in [4.69, 9.17) is 4.74 Å². The van der Waals surface area contributed by atoms with Crippen LogP contribution in [-0.2, 0) is 9.53 Å². The van der Waals surface area contributed by atoms with E-state index in [1.165, 1.54) is 0 Å². The normalized spacial score (nSPS) is 13.7. The van der Waals surface area contributed by atoms with Gasteiger partial charge < -0.3 is 9.84 Å². The topological polar surface area (TPSA) is 46.5 Å². The van der Waals surface area contributed by atoms with Gasteiger partial charge in [-0.3, -0.25) is 4.79 Å². The molecule has 0 aliphatic heterocycles. The summed E-state index contributed by atoms with van der Waals surface area (Å²) in [6.07, 6.45) is 2.65. The van der Waals surface area contributed by atoms with Gasteiger partial charge in [0.05, 0.1) is 0 Å². The van der Waals surface area contributed by atoms with Crippen LogP contribution in [0.5, 0.6) is 0 Å². The van der Waals surface area contributed by atoms with Crippen molar-refractivity contribution in [1.82, 2.24) is 0 Å². The number of hydrogen-bond acceptors (Lipinski definition) is 3. The quantitative estimate of drug-likeness (QED) is 0.548. The third-order valence-electron chi connectivity index (χ3n) is 2.10. The lowest BCUT2D eigenvalue weighted by Gasteiger charge is -2.19. The molecule has 90 valence electrons. The van der Waals surface area contributed by atoms with Gasteiger partial charge in [-0.15, -0.1) is 0 Å². The van der Waals surface area contributed by atoms with Gasteiger partial charge in [0.15, 0.2) is 0 Å². The molecule has 1 N–H and O–H groups in total. The number of rotatable bonds is 6. The number of ether oxygens (including phenoxy) is 1. The summed E-state index contributed by atoms with van der Waals surface area (Å²) in [5.41, 5.74) is 0.271. The number of aliphatic hydroxyl groups excluding tert-OH is 1. The maximum Gasteiger partial charge on any atom is 0.308 e. The summed E-state index contributed by atoms with van der Waals surface area (Å²) in [4.78, 5) is 11.0. The Morgan fingerprint density at radius 1 is 1.40 bits per heavy atom. The van der Waals surface area contributed by atoms with Crippen LogP contribution in [0, 0.1) is 5.41 Å². The van der Waals surface area contributed by atoms with Crippen LogP contribution in [0.15, 0.2) is 0 Å². The zero-order chi connectivity index (χ0) is 11.9. The summed E-state index contributed by atoms with van der Waals surface area (Å²) in [6.45, 7) is 8.38. The molecule has 0 saturated heterocycles. The van der Waals surface area contributed by atoms with Crippen molar-refractivity contribution < 1.29 is 14.6 Å². The monoisotopic (exact) mass is 216 g/mol. The van der Waals surface area contributed by atoms with Gasteiger partial charge in [0, 0.05) is 12.8 Å². The molecule has 15 heavy (non-hydrogen) atoms. The Morgan fingerprint density at radius 2 is 2.00 bits per heavy atom. The number of aliphatic hydroxyl groups is 1. The van der Waals surface area contributed by atoms with Gasteiger partial charge in [-0.2, -0.15) is 0 Å². The zero-order valence-electron chi connectivity index (χ0n) is 10.4. The maximum atomic E-state index is 11.0. The molecular weight excluding hydrogens is 192 g/mol. The minimum atomic E-state index is -0.925. The third kappa shape index (κ3) is 9.73. The zero-order valence-corrected chi connectivity index (χ0v) is 10.4. The highest BCUT2D eigenvalue weighted by atomic mass is 16.6. The standard InChI is InChI=1S/C12H24O3/c1-5-7-10(13)15-11(14)8-6-9-12(2,3)4/h11,14H,5-9H2,1-4H3. The Balaban J connectivity index is 3.57. The Morgan fingerprint density at radius 3 is 2.47 bits per heavy atom. The molecule has 0 fully saturated rings. The fourth-order valence-corrected chi connectivity index (χ4v) is 1.28. The Labute approximate surface area is 92.8 Å². The average Bonchev–Trinajstić information content (AvgIpc) is 2.01. The fraction of sp³-hybridized carbons (Fsp3) is 0.917. The molecule has 0 radical (unpaired) electrons.